The van der Waals surface area contributed by atoms with Crippen LogP contribution in [0.1, 0.15) is 425 Å². The van der Waals surface area contributed by atoms with Gasteiger partial charge in [0, 0.05) is 6.42 Å². The third-order valence-electron chi connectivity index (χ3n) is 23.6. The normalized spacial score (nSPS) is 25.2. The molecule has 0 saturated carbocycles. The van der Waals surface area contributed by atoms with Crippen molar-refractivity contribution in [3.63, 3.8) is 0 Å². The number of carbonyl (C=O) groups is 1. The SMILES string of the molecule is CCCCCCCCCCCCCCCCCCCCCCC/C=C/C(O)C(COC1OC(CO)C(OC2OC(CO)C(OC3OC(CO)C(O)C(O)C3O)C(O)C2O)C(O)C1O)NC(=O)CCCCCCCCCCCCCCCCCCCCCCCCCCCCCCCCCCCCCCCCCCC. The van der Waals surface area contributed by atoms with E-state index in [4.69, 9.17) is 28.4 Å². The third-order valence-corrected chi connectivity index (χ3v) is 23.6. The summed E-state index contributed by atoms with van der Waals surface area (Å²) in [5.74, 6) is -0.265. The molecule has 3 rings (SSSR count). The second kappa shape index (κ2) is 70.7. The van der Waals surface area contributed by atoms with Gasteiger partial charge in [-0.25, -0.2) is 0 Å². The fourth-order valence-corrected chi connectivity index (χ4v) is 16.2. The number of rotatable bonds is 77. The lowest BCUT2D eigenvalue weighted by Crippen LogP contribution is -2.66. The van der Waals surface area contributed by atoms with Crippen LogP contribution in [0.25, 0.3) is 0 Å². The monoisotopic (exact) mass is 1560 g/mol. The molecule has 3 saturated heterocycles. The van der Waals surface area contributed by atoms with E-state index in [1.807, 2.05) is 6.08 Å². The molecule has 17 unspecified atom stereocenters. The van der Waals surface area contributed by atoms with Crippen LogP contribution in [0.15, 0.2) is 12.2 Å². The molecule has 0 spiro atoms. The molecular formula is C90H173NO18. The lowest BCUT2D eigenvalue weighted by molar-refractivity contribution is -0.379. The lowest BCUT2D eigenvalue weighted by Gasteiger charge is -2.48. The van der Waals surface area contributed by atoms with Crippen LogP contribution in [0, 0.1) is 0 Å². The van der Waals surface area contributed by atoms with Crippen molar-refractivity contribution in [1.82, 2.24) is 5.32 Å². The van der Waals surface area contributed by atoms with Crippen molar-refractivity contribution in [2.75, 3.05) is 26.4 Å². The predicted octanol–water partition coefficient (Wildman–Crippen LogP) is 17.9. The number of aliphatic hydroxyl groups excluding tert-OH is 11. The molecule has 0 aromatic rings. The van der Waals surface area contributed by atoms with Crippen LogP contribution < -0.4 is 5.32 Å². The minimum atomic E-state index is -1.98. The van der Waals surface area contributed by atoms with E-state index in [0.717, 1.165) is 44.9 Å². The van der Waals surface area contributed by atoms with Gasteiger partial charge in [0.25, 0.3) is 0 Å². The summed E-state index contributed by atoms with van der Waals surface area (Å²) in [6, 6.07) is -0.971. The number of amides is 1. The number of aliphatic hydroxyl groups is 11. The zero-order valence-electron chi connectivity index (χ0n) is 69.8. The smallest absolute Gasteiger partial charge is 0.220 e. The number of hydrogen-bond donors (Lipinski definition) is 12. The third kappa shape index (κ3) is 49.4. The Morgan fingerprint density at radius 3 is 0.862 bits per heavy atom. The minimum absolute atomic E-state index is 0.251. The zero-order chi connectivity index (χ0) is 78.8. The Labute approximate surface area is 665 Å². The van der Waals surface area contributed by atoms with E-state index in [0.29, 0.717) is 6.42 Å². The van der Waals surface area contributed by atoms with Crippen molar-refractivity contribution >= 4 is 5.91 Å². The van der Waals surface area contributed by atoms with Gasteiger partial charge in [-0.1, -0.05) is 411 Å². The van der Waals surface area contributed by atoms with E-state index in [2.05, 4.69) is 19.2 Å². The maximum Gasteiger partial charge on any atom is 0.220 e. The molecule has 3 heterocycles. The molecule has 0 aromatic carbocycles. The molecule has 0 aromatic heterocycles. The maximum absolute atomic E-state index is 13.5. The molecule has 646 valence electrons. The van der Waals surface area contributed by atoms with E-state index in [-0.39, 0.29) is 18.9 Å². The summed E-state index contributed by atoms with van der Waals surface area (Å²) in [6.45, 7) is 1.82. The van der Waals surface area contributed by atoms with Crippen molar-refractivity contribution in [3.8, 4) is 0 Å². The fourth-order valence-electron chi connectivity index (χ4n) is 16.2. The second-order valence-corrected chi connectivity index (χ2v) is 33.5. The molecule has 12 N–H and O–H groups in total. The lowest BCUT2D eigenvalue weighted by atomic mass is 9.96. The largest absolute Gasteiger partial charge is 0.394 e. The first kappa shape index (κ1) is 102. The standard InChI is InChI=1S/C90H173NO18/c1-3-5-7-9-11-13-15-17-19-21-23-25-27-28-29-30-31-32-33-34-35-36-37-38-39-40-41-42-43-44-46-48-50-52-54-56-58-60-62-64-66-68-78(96)91-73(74(95)67-65-63-61-59-57-55-53-51-49-47-45-26-24-22-20-18-16-14-12-10-8-6-4-2)72-104-88-84(102)81(99)86(76(70-93)106-88)109-90-85(103)82(100)87(77(71-94)107-90)108-89-83(101)80(98)79(97)75(69-92)105-89/h65,67,73-77,79-90,92-95,97-103H,3-64,66,68-72H2,1-2H3,(H,91,96)/b67-65+. The number of unbranched alkanes of at least 4 members (excludes halogenated alkanes) is 61. The number of hydrogen-bond acceptors (Lipinski definition) is 18. The van der Waals surface area contributed by atoms with Gasteiger partial charge in [-0.05, 0) is 19.3 Å². The Balaban J connectivity index is 1.28. The van der Waals surface area contributed by atoms with Crippen LogP contribution in [0.2, 0.25) is 0 Å². The van der Waals surface area contributed by atoms with Crippen LogP contribution >= 0.6 is 0 Å². The van der Waals surface area contributed by atoms with E-state index in [9.17, 15) is 61.0 Å². The average molecular weight is 1560 g/mol. The van der Waals surface area contributed by atoms with Crippen molar-refractivity contribution in [2.45, 2.75) is 529 Å². The van der Waals surface area contributed by atoms with Crippen molar-refractivity contribution in [3.05, 3.63) is 12.2 Å². The maximum atomic E-state index is 13.5. The highest BCUT2D eigenvalue weighted by Crippen LogP contribution is 2.34. The number of nitrogens with one attached hydrogen (secondary N) is 1. The highest BCUT2D eigenvalue weighted by atomic mass is 16.8. The van der Waals surface area contributed by atoms with Crippen LogP contribution in [0.3, 0.4) is 0 Å². The van der Waals surface area contributed by atoms with Gasteiger partial charge in [-0.2, -0.15) is 0 Å². The summed E-state index contributed by atoms with van der Waals surface area (Å²) >= 11 is 0. The number of ether oxygens (including phenoxy) is 6. The molecule has 3 aliphatic rings. The van der Waals surface area contributed by atoms with Gasteiger partial charge in [-0.3, -0.25) is 4.79 Å². The summed E-state index contributed by atoms with van der Waals surface area (Å²) < 4.78 is 34.5. The summed E-state index contributed by atoms with van der Waals surface area (Å²) in [5, 5.41) is 121. The Bertz CT molecular complexity index is 2010. The van der Waals surface area contributed by atoms with Gasteiger partial charge < -0.3 is 89.9 Å². The predicted molar refractivity (Wildman–Crippen MR) is 439 cm³/mol. The molecule has 0 aliphatic carbocycles. The molecule has 1 amide bonds. The Morgan fingerprint density at radius 1 is 0.321 bits per heavy atom. The molecule has 17 atom stereocenters. The van der Waals surface area contributed by atoms with E-state index >= 15 is 0 Å². The van der Waals surface area contributed by atoms with Crippen LogP contribution in [-0.2, 0) is 33.2 Å². The van der Waals surface area contributed by atoms with Gasteiger partial charge in [0.2, 0.25) is 5.91 Å². The Morgan fingerprint density at radius 2 is 0.569 bits per heavy atom. The molecule has 19 heteroatoms. The van der Waals surface area contributed by atoms with Crippen LogP contribution in [0.4, 0.5) is 0 Å². The first-order valence-corrected chi connectivity index (χ1v) is 46.4. The van der Waals surface area contributed by atoms with E-state index in [1.165, 1.54) is 353 Å². The summed E-state index contributed by atoms with van der Waals surface area (Å²) in [7, 11) is 0. The van der Waals surface area contributed by atoms with Crippen LogP contribution in [-0.4, -0.2) is 193 Å². The average Bonchev–Trinajstić information content (AvgIpc) is 0.771. The quantitative estimate of drug-likeness (QED) is 0.0199. The topological polar surface area (TPSA) is 307 Å². The fraction of sp³-hybridized carbons (Fsp3) is 0.967. The second-order valence-electron chi connectivity index (χ2n) is 33.5. The van der Waals surface area contributed by atoms with Crippen LogP contribution in [0.5, 0.6) is 0 Å². The van der Waals surface area contributed by atoms with Gasteiger partial charge in [0.05, 0.1) is 38.6 Å². The zero-order valence-corrected chi connectivity index (χ0v) is 69.8. The highest BCUT2D eigenvalue weighted by Gasteiger charge is 2.54. The minimum Gasteiger partial charge on any atom is -0.394 e. The number of allylic oxidation sites excluding steroid dienone is 1. The summed E-state index contributed by atoms with van der Waals surface area (Å²) in [5.41, 5.74) is 0. The molecule has 109 heavy (non-hydrogen) atoms. The Hall–Kier alpha value is -1.47. The van der Waals surface area contributed by atoms with Crippen molar-refractivity contribution in [2.24, 2.45) is 0 Å². The van der Waals surface area contributed by atoms with Gasteiger partial charge >= 0.3 is 0 Å². The van der Waals surface area contributed by atoms with Gasteiger partial charge in [-0.15, -0.1) is 0 Å². The molecule has 3 aliphatic heterocycles. The number of carbonyl (C=O) groups excluding carboxylic acids is 1. The Kier molecular flexibility index (Phi) is 66.0. The summed E-state index contributed by atoms with van der Waals surface area (Å²) in [6.07, 6.45) is 61.1. The first-order valence-electron chi connectivity index (χ1n) is 46.4. The first-order chi connectivity index (χ1) is 53.3. The molecule has 19 nitrogen and oxygen atoms in total. The van der Waals surface area contributed by atoms with E-state index in [1.54, 1.807) is 6.08 Å². The molecular weight excluding hydrogens is 1380 g/mol. The highest BCUT2D eigenvalue weighted by molar-refractivity contribution is 5.76. The van der Waals surface area contributed by atoms with Crippen molar-refractivity contribution < 1.29 is 89.4 Å². The summed E-state index contributed by atoms with van der Waals surface area (Å²) in [4.78, 5) is 13.5. The molecule has 0 radical (unpaired) electrons. The molecule has 3 fully saturated rings. The van der Waals surface area contributed by atoms with Gasteiger partial charge in [0.1, 0.15) is 73.2 Å². The molecule has 0 bridgehead atoms. The van der Waals surface area contributed by atoms with Crippen molar-refractivity contribution in [1.29, 1.82) is 0 Å². The van der Waals surface area contributed by atoms with E-state index < -0.39 is 124 Å². The van der Waals surface area contributed by atoms with Gasteiger partial charge in [0.15, 0.2) is 18.9 Å².